The highest BCUT2D eigenvalue weighted by atomic mass is 35.5. The van der Waals surface area contributed by atoms with E-state index in [4.69, 9.17) is 39.5 Å². The average molecular weight is 416 g/mol. The Kier molecular flexibility index (Phi) is 5.59. The maximum Gasteiger partial charge on any atom is 0.416 e. The molecule has 0 unspecified atom stereocenters. The third-order valence-electron chi connectivity index (χ3n) is 2.99. The van der Waals surface area contributed by atoms with Crippen molar-refractivity contribution in [2.75, 3.05) is 0 Å². The monoisotopic (exact) mass is 415 g/mol. The molecule has 0 saturated heterocycles. The maximum absolute atomic E-state index is 12.8. The van der Waals surface area contributed by atoms with E-state index in [-0.39, 0.29) is 16.2 Å². The third-order valence-corrected chi connectivity index (χ3v) is 3.57. The van der Waals surface area contributed by atoms with Crippen LogP contribution in [0.15, 0.2) is 34.7 Å². The number of hydrogen-bond donors (Lipinski definition) is 1. The summed E-state index contributed by atoms with van der Waals surface area (Å²) < 4.78 is 38.3. The largest absolute Gasteiger partial charge is 0.692 e. The van der Waals surface area contributed by atoms with Crippen LogP contribution >= 0.6 is 23.2 Å². The number of nitrogens with zero attached hydrogens (tertiary/aromatic N) is 6. The van der Waals surface area contributed by atoms with E-state index in [0.717, 1.165) is 12.4 Å². The molecule has 1 aromatic heterocycles. The number of aliphatic imine (C=N–C) groups is 1. The van der Waals surface area contributed by atoms with Crippen LogP contribution in [0.4, 0.5) is 13.2 Å². The van der Waals surface area contributed by atoms with Gasteiger partial charge < -0.3 is 10.9 Å². The second kappa shape index (κ2) is 7.53. The van der Waals surface area contributed by atoms with Gasteiger partial charge in [-0.3, -0.25) is 0 Å². The smallest absolute Gasteiger partial charge is 0.416 e. The molecule has 1 heterocycles. The van der Waals surface area contributed by atoms with Gasteiger partial charge in [0.2, 0.25) is 0 Å². The highest BCUT2D eigenvalue weighted by Crippen LogP contribution is 2.36. The van der Waals surface area contributed by atoms with Crippen LogP contribution in [-0.2, 0) is 6.18 Å². The number of nitriles is 2. The molecule has 0 aliphatic carbocycles. The molecule has 0 atom stereocenters. The Hall–Kier alpha value is -3.28. The van der Waals surface area contributed by atoms with Crippen molar-refractivity contribution in [2.24, 2.45) is 10.7 Å². The van der Waals surface area contributed by atoms with Crippen LogP contribution in [0.2, 0.25) is 10.0 Å². The van der Waals surface area contributed by atoms with Gasteiger partial charge in [0.05, 0.1) is 26.9 Å². The molecule has 0 bridgehead atoms. The molecule has 138 valence electrons. The van der Waals surface area contributed by atoms with E-state index in [1.165, 1.54) is 6.07 Å². The van der Waals surface area contributed by atoms with Crippen LogP contribution in [0.25, 0.3) is 5.69 Å². The van der Waals surface area contributed by atoms with E-state index in [2.05, 4.69) is 10.1 Å². The average Bonchev–Trinajstić information content (AvgIpc) is 2.94. The molecule has 0 amide bonds. The Labute approximate surface area is 159 Å². The minimum atomic E-state index is -4.68. The molecule has 1 aromatic carbocycles. The SMILES string of the molecule is N#C/C(N)=C(C#N)/N=C/c1c[n+]([O-])n(-c2c(Cl)cc(C(F)(F)F)cc2Cl)n1. The predicted molar refractivity (Wildman–Crippen MR) is 87.6 cm³/mol. The normalized spacial score (nSPS) is 12.6. The Morgan fingerprint density at radius 3 is 2.37 bits per heavy atom. The van der Waals surface area contributed by atoms with Crippen LogP contribution in [-0.4, -0.2) is 16.1 Å². The first-order valence-electron chi connectivity index (χ1n) is 6.68. The lowest BCUT2D eigenvalue weighted by atomic mass is 10.2. The molecule has 0 spiro atoms. The van der Waals surface area contributed by atoms with Gasteiger partial charge in [-0.1, -0.05) is 23.2 Å². The minimum absolute atomic E-state index is 0.101. The van der Waals surface area contributed by atoms with Crippen LogP contribution in [0.3, 0.4) is 0 Å². The molecule has 0 aliphatic heterocycles. The highest BCUT2D eigenvalue weighted by Gasteiger charge is 2.33. The molecule has 0 aliphatic rings. The lowest BCUT2D eigenvalue weighted by Gasteiger charge is -2.11. The summed E-state index contributed by atoms with van der Waals surface area (Å²) >= 11 is 11.7. The summed E-state index contributed by atoms with van der Waals surface area (Å²) in [6, 6.07) is 4.31. The third kappa shape index (κ3) is 4.28. The minimum Gasteiger partial charge on any atom is -0.692 e. The number of allylic oxidation sites excluding steroid dienone is 2. The standard InChI is InChI=1S/C14H6Cl2F3N7O/c15-9-1-7(14(17,18)19)2-10(16)13(9)26-24-8(6-25(26)27)5-23-12(4-21)11(22)3-20/h1-2,5-6H,22H2/b12-11-,23-5+. The van der Waals surface area contributed by atoms with Gasteiger partial charge >= 0.3 is 6.18 Å². The number of rotatable bonds is 3. The van der Waals surface area contributed by atoms with Crippen LogP contribution in [0, 0.1) is 27.9 Å². The summed E-state index contributed by atoms with van der Waals surface area (Å²) in [7, 11) is 0. The topological polar surface area (TPSA) is 131 Å². The van der Waals surface area contributed by atoms with Crippen molar-refractivity contribution < 1.29 is 18.0 Å². The fourth-order valence-corrected chi connectivity index (χ4v) is 2.46. The zero-order valence-corrected chi connectivity index (χ0v) is 14.4. The van der Waals surface area contributed by atoms with E-state index < -0.39 is 33.2 Å². The van der Waals surface area contributed by atoms with Crippen molar-refractivity contribution in [3.05, 3.63) is 56.2 Å². The van der Waals surface area contributed by atoms with E-state index >= 15 is 0 Å². The number of alkyl halides is 3. The second-order valence-corrected chi connectivity index (χ2v) is 5.59. The Morgan fingerprint density at radius 2 is 1.89 bits per heavy atom. The van der Waals surface area contributed by atoms with Gasteiger partial charge in [0.25, 0.3) is 5.69 Å². The van der Waals surface area contributed by atoms with Crippen molar-refractivity contribution in [2.45, 2.75) is 6.18 Å². The second-order valence-electron chi connectivity index (χ2n) is 4.78. The van der Waals surface area contributed by atoms with Crippen molar-refractivity contribution >= 4 is 29.4 Å². The first kappa shape index (κ1) is 20.0. The van der Waals surface area contributed by atoms with E-state index in [1.54, 1.807) is 6.07 Å². The molecule has 8 nitrogen and oxygen atoms in total. The molecule has 0 radical (unpaired) electrons. The highest BCUT2D eigenvalue weighted by molar-refractivity contribution is 6.37. The lowest BCUT2D eigenvalue weighted by Crippen LogP contribution is -2.36. The number of aromatic nitrogens is 3. The fourth-order valence-electron chi connectivity index (χ4n) is 1.82. The molecular formula is C14H6Cl2F3N7O. The van der Waals surface area contributed by atoms with Gasteiger partial charge in [-0.15, -0.1) is 0 Å². The lowest BCUT2D eigenvalue weighted by molar-refractivity contribution is -0.688. The van der Waals surface area contributed by atoms with Gasteiger partial charge in [-0.05, 0) is 16.9 Å². The summed E-state index contributed by atoms with van der Waals surface area (Å²) in [5.41, 5.74) is 2.94. The zero-order valence-electron chi connectivity index (χ0n) is 12.9. The molecule has 0 fully saturated rings. The van der Waals surface area contributed by atoms with E-state index in [9.17, 15) is 18.4 Å². The number of nitrogens with two attached hydrogens (primary N) is 1. The molecule has 2 rings (SSSR count). The van der Waals surface area contributed by atoms with Crippen molar-refractivity contribution in [3.63, 3.8) is 0 Å². The predicted octanol–water partition coefficient (Wildman–Crippen LogP) is 2.47. The van der Waals surface area contributed by atoms with E-state index in [0.29, 0.717) is 16.9 Å². The quantitative estimate of drug-likeness (QED) is 0.356. The van der Waals surface area contributed by atoms with Crippen molar-refractivity contribution in [1.29, 1.82) is 10.5 Å². The summed E-state index contributed by atoms with van der Waals surface area (Å²) in [6.45, 7) is 0. The molecule has 27 heavy (non-hydrogen) atoms. The zero-order chi connectivity index (χ0) is 20.4. The number of halogens is 5. The fraction of sp³-hybridized carbons (Fsp3) is 0.0714. The summed E-state index contributed by atoms with van der Waals surface area (Å²) in [5, 5.41) is 32.3. The molecule has 0 saturated carbocycles. The molecule has 2 N–H and O–H groups in total. The Balaban J connectivity index is 2.50. The summed E-state index contributed by atoms with van der Waals surface area (Å²) in [6.07, 6.45) is -2.83. The summed E-state index contributed by atoms with van der Waals surface area (Å²) in [4.78, 5) is 4.38. The maximum atomic E-state index is 12.8. The molecule has 13 heteroatoms. The van der Waals surface area contributed by atoms with Gasteiger partial charge in [0, 0.05) is 0 Å². The first-order valence-corrected chi connectivity index (χ1v) is 7.44. The summed E-state index contributed by atoms with van der Waals surface area (Å²) in [5.74, 6) is 0. The first-order chi connectivity index (χ1) is 12.6. The van der Waals surface area contributed by atoms with Gasteiger partial charge in [0.1, 0.15) is 17.8 Å². The van der Waals surface area contributed by atoms with Crippen LogP contribution in [0.1, 0.15) is 11.3 Å². The van der Waals surface area contributed by atoms with Crippen molar-refractivity contribution in [3.8, 4) is 17.8 Å². The number of benzene rings is 1. The number of hydrogen-bond acceptors (Lipinski definition) is 6. The van der Waals surface area contributed by atoms with Gasteiger partial charge in [0.15, 0.2) is 17.6 Å². The molecular weight excluding hydrogens is 410 g/mol. The van der Waals surface area contributed by atoms with Crippen molar-refractivity contribution in [1.82, 2.24) is 9.90 Å². The Morgan fingerprint density at radius 1 is 1.30 bits per heavy atom. The van der Waals surface area contributed by atoms with Gasteiger partial charge in [-0.25, -0.2) is 4.99 Å². The molecule has 2 aromatic rings. The van der Waals surface area contributed by atoms with E-state index in [1.807, 2.05) is 0 Å². The van der Waals surface area contributed by atoms with Gasteiger partial charge in [-0.2, -0.15) is 28.5 Å². The van der Waals surface area contributed by atoms with Crippen LogP contribution in [0.5, 0.6) is 0 Å². The van der Waals surface area contributed by atoms with Crippen LogP contribution < -0.4 is 10.6 Å². The Bertz CT molecular complexity index is 1020.